The number of ether oxygens (including phenoxy) is 2. The first-order valence-corrected chi connectivity index (χ1v) is 11.2. The van der Waals surface area contributed by atoms with Crippen molar-refractivity contribution in [1.29, 1.82) is 0 Å². The molecule has 4 rings (SSSR count). The number of fused-ring (bicyclic) bond motifs is 1. The summed E-state index contributed by atoms with van der Waals surface area (Å²) in [6.45, 7) is 5.20. The third kappa shape index (κ3) is 4.46. The monoisotopic (exact) mass is 393 g/mol. The van der Waals surface area contributed by atoms with Crippen LogP contribution < -0.4 is 26.6 Å². The molecule has 7 nitrogen and oxygen atoms in total. The van der Waals surface area contributed by atoms with Gasteiger partial charge in [0, 0.05) is 38.3 Å². The molecule has 0 amide bonds. The number of nitrogens with one attached hydrogen (secondary N) is 5. The molecule has 3 heterocycles. The predicted molar refractivity (Wildman–Crippen MR) is 111 cm³/mol. The van der Waals surface area contributed by atoms with Crippen LogP contribution in [0.4, 0.5) is 0 Å². The molecule has 3 fully saturated rings. The van der Waals surface area contributed by atoms with Crippen LogP contribution in [-0.2, 0) is 9.47 Å². The molecule has 0 bridgehead atoms. The molecule has 7 heteroatoms. The zero-order chi connectivity index (χ0) is 19.5. The molecule has 4 aliphatic rings. The Kier molecular flexibility index (Phi) is 7.04. The van der Waals surface area contributed by atoms with E-state index in [1.165, 1.54) is 18.4 Å². The third-order valence-electron chi connectivity index (χ3n) is 7.09. The van der Waals surface area contributed by atoms with Gasteiger partial charge in [0.1, 0.15) is 6.29 Å². The van der Waals surface area contributed by atoms with Crippen molar-refractivity contribution in [3.8, 4) is 0 Å². The van der Waals surface area contributed by atoms with E-state index in [9.17, 15) is 0 Å². The van der Waals surface area contributed by atoms with Crippen molar-refractivity contribution in [2.45, 2.75) is 75.8 Å². The lowest BCUT2D eigenvalue weighted by molar-refractivity contribution is -0.0755. The van der Waals surface area contributed by atoms with Gasteiger partial charge in [-0.1, -0.05) is 11.6 Å². The minimum Gasteiger partial charge on any atom is -0.379 e. The standard InChI is InChI=1S/C21H39N5O2/c1-13-11-17(22-2)26-21(24-13)25-16-12-15-7-10-28-19(15)18(20(16)27-3)14-5-4-8-23-9-6-14/h6,13,15-26H,4-5,7-12H2,1-3H3. The van der Waals surface area contributed by atoms with E-state index in [0.717, 1.165) is 39.0 Å². The summed E-state index contributed by atoms with van der Waals surface area (Å²) in [5, 5.41) is 18.0. The van der Waals surface area contributed by atoms with Gasteiger partial charge in [-0.3, -0.25) is 16.0 Å². The van der Waals surface area contributed by atoms with Gasteiger partial charge in [0.25, 0.3) is 0 Å². The molecule has 160 valence electrons. The van der Waals surface area contributed by atoms with E-state index in [-0.39, 0.29) is 12.4 Å². The first-order valence-electron chi connectivity index (χ1n) is 11.2. The van der Waals surface area contributed by atoms with Crippen LogP contribution in [0.2, 0.25) is 0 Å². The zero-order valence-electron chi connectivity index (χ0n) is 17.7. The Morgan fingerprint density at radius 3 is 2.96 bits per heavy atom. The van der Waals surface area contributed by atoms with Gasteiger partial charge in [0.05, 0.1) is 18.4 Å². The first-order chi connectivity index (χ1) is 13.7. The Bertz CT molecular complexity index is 545. The zero-order valence-corrected chi connectivity index (χ0v) is 17.7. The molecule has 5 N–H and O–H groups in total. The second kappa shape index (κ2) is 9.51. The quantitative estimate of drug-likeness (QED) is 0.435. The summed E-state index contributed by atoms with van der Waals surface area (Å²) in [6, 6.07) is 0.776. The maximum Gasteiger partial charge on any atom is 0.113 e. The molecular weight excluding hydrogens is 354 g/mol. The van der Waals surface area contributed by atoms with Crippen LogP contribution in [0.25, 0.3) is 0 Å². The molecule has 3 aliphatic heterocycles. The van der Waals surface area contributed by atoms with Gasteiger partial charge >= 0.3 is 0 Å². The number of hydrogen-bond acceptors (Lipinski definition) is 7. The van der Waals surface area contributed by atoms with Crippen LogP contribution in [-0.4, -0.2) is 70.6 Å². The molecule has 0 aromatic heterocycles. The van der Waals surface area contributed by atoms with Gasteiger partial charge in [-0.05, 0) is 58.5 Å². The highest BCUT2D eigenvalue weighted by Gasteiger charge is 2.49. The van der Waals surface area contributed by atoms with E-state index in [0.29, 0.717) is 36.2 Å². The largest absolute Gasteiger partial charge is 0.379 e. The molecule has 0 aromatic rings. The summed E-state index contributed by atoms with van der Waals surface area (Å²) < 4.78 is 12.4. The lowest BCUT2D eigenvalue weighted by Gasteiger charge is -2.47. The molecule has 8 atom stereocenters. The fourth-order valence-electron chi connectivity index (χ4n) is 5.76. The highest BCUT2D eigenvalue weighted by atomic mass is 16.5. The van der Waals surface area contributed by atoms with Crippen LogP contribution in [0.3, 0.4) is 0 Å². The Labute approximate surface area is 169 Å². The topological polar surface area (TPSA) is 78.6 Å². The summed E-state index contributed by atoms with van der Waals surface area (Å²) in [4.78, 5) is 0. The Morgan fingerprint density at radius 1 is 1.25 bits per heavy atom. The number of rotatable bonds is 5. The molecular formula is C21H39N5O2. The van der Waals surface area contributed by atoms with Crippen LogP contribution >= 0.6 is 0 Å². The number of methoxy groups -OCH3 is 1. The Balaban J connectivity index is 1.52. The first kappa shape index (κ1) is 20.7. The maximum atomic E-state index is 6.28. The van der Waals surface area contributed by atoms with Crippen molar-refractivity contribution in [1.82, 2.24) is 26.6 Å². The third-order valence-corrected chi connectivity index (χ3v) is 7.09. The normalized spacial score (nSPS) is 44.6. The van der Waals surface area contributed by atoms with E-state index < -0.39 is 0 Å². The molecule has 1 aliphatic carbocycles. The van der Waals surface area contributed by atoms with Crippen molar-refractivity contribution in [2.75, 3.05) is 33.9 Å². The van der Waals surface area contributed by atoms with E-state index in [2.05, 4.69) is 39.6 Å². The second-order valence-corrected chi connectivity index (χ2v) is 8.95. The molecule has 0 aromatic carbocycles. The average Bonchev–Trinajstić information content (AvgIpc) is 2.99. The Morgan fingerprint density at radius 2 is 2.14 bits per heavy atom. The minimum atomic E-state index is 0.0909. The molecule has 28 heavy (non-hydrogen) atoms. The smallest absolute Gasteiger partial charge is 0.113 e. The summed E-state index contributed by atoms with van der Waals surface area (Å²) in [6.07, 6.45) is 8.97. The van der Waals surface area contributed by atoms with Crippen molar-refractivity contribution in [3.05, 3.63) is 11.6 Å². The lowest BCUT2D eigenvalue weighted by atomic mass is 9.70. The van der Waals surface area contributed by atoms with Crippen LogP contribution in [0.5, 0.6) is 0 Å². The summed E-state index contributed by atoms with van der Waals surface area (Å²) in [5.41, 5.74) is 1.53. The van der Waals surface area contributed by atoms with Crippen molar-refractivity contribution < 1.29 is 9.47 Å². The fraction of sp³-hybridized carbons (Fsp3) is 0.905. The second-order valence-electron chi connectivity index (χ2n) is 8.95. The van der Waals surface area contributed by atoms with Crippen LogP contribution in [0, 0.1) is 11.8 Å². The van der Waals surface area contributed by atoms with Crippen molar-refractivity contribution in [3.63, 3.8) is 0 Å². The van der Waals surface area contributed by atoms with E-state index in [4.69, 9.17) is 9.47 Å². The van der Waals surface area contributed by atoms with E-state index >= 15 is 0 Å². The van der Waals surface area contributed by atoms with Crippen molar-refractivity contribution >= 4 is 0 Å². The predicted octanol–water partition coefficient (Wildman–Crippen LogP) is 0.495. The highest BCUT2D eigenvalue weighted by molar-refractivity contribution is 5.18. The average molecular weight is 394 g/mol. The van der Waals surface area contributed by atoms with Gasteiger partial charge in [-0.2, -0.15) is 0 Å². The molecule has 2 saturated heterocycles. The summed E-state index contributed by atoms with van der Waals surface area (Å²) in [7, 11) is 3.90. The van der Waals surface area contributed by atoms with Gasteiger partial charge in [0.2, 0.25) is 0 Å². The molecule has 1 saturated carbocycles. The van der Waals surface area contributed by atoms with Gasteiger partial charge in [-0.25, -0.2) is 0 Å². The SMILES string of the molecule is CNC1CC(C)NC(NC2CC3CCOC3C(C3=CCNCCC3)C2OC)N1. The summed E-state index contributed by atoms with van der Waals surface area (Å²) in [5.74, 6) is 0.969. The molecule has 0 spiro atoms. The molecule has 0 radical (unpaired) electrons. The van der Waals surface area contributed by atoms with Gasteiger partial charge in [0.15, 0.2) is 0 Å². The summed E-state index contributed by atoms with van der Waals surface area (Å²) >= 11 is 0. The van der Waals surface area contributed by atoms with Crippen molar-refractivity contribution in [2.24, 2.45) is 11.8 Å². The molecule has 8 unspecified atom stereocenters. The highest BCUT2D eigenvalue weighted by Crippen LogP contribution is 2.43. The van der Waals surface area contributed by atoms with Crippen LogP contribution in [0.1, 0.15) is 39.0 Å². The van der Waals surface area contributed by atoms with Gasteiger partial charge in [-0.15, -0.1) is 0 Å². The maximum absolute atomic E-state index is 6.28. The van der Waals surface area contributed by atoms with Gasteiger partial charge < -0.3 is 20.1 Å². The van der Waals surface area contributed by atoms with Crippen LogP contribution in [0.15, 0.2) is 11.6 Å². The fourth-order valence-corrected chi connectivity index (χ4v) is 5.76. The van der Waals surface area contributed by atoms with E-state index in [1.807, 2.05) is 14.2 Å². The number of hydrogen-bond donors (Lipinski definition) is 5. The Hall–Kier alpha value is -0.540. The lowest BCUT2D eigenvalue weighted by Crippen LogP contribution is -2.70. The van der Waals surface area contributed by atoms with E-state index in [1.54, 1.807) is 0 Å². The minimum absolute atomic E-state index is 0.0909.